The summed E-state index contributed by atoms with van der Waals surface area (Å²) in [6.07, 6.45) is 2.03. The normalized spacial score (nSPS) is 16.3. The molecule has 0 radical (unpaired) electrons. The van der Waals surface area contributed by atoms with E-state index in [0.29, 0.717) is 49.0 Å². The number of Topliss-reactive ketones (excluding diaryl/α,β-unsaturated/α-hetero) is 1. The first-order chi connectivity index (χ1) is 14.4. The maximum absolute atomic E-state index is 12.9. The Hall–Kier alpha value is -3.42. The molecule has 1 aliphatic carbocycles. The fourth-order valence-electron chi connectivity index (χ4n) is 3.64. The SMILES string of the molecule is CC(=O)c1ccc(N2CCN(C(=O)c3ccc(NC4CC4)c([N+](=O)[O-])c3)CC2)cc1. The minimum atomic E-state index is -0.440. The number of carbonyl (C=O) groups excluding carboxylic acids is 2. The van der Waals surface area contributed by atoms with Crippen molar-refractivity contribution in [3.05, 3.63) is 63.7 Å². The van der Waals surface area contributed by atoms with Gasteiger partial charge in [-0.2, -0.15) is 0 Å². The number of rotatable bonds is 6. The number of nitro groups is 1. The first-order valence-electron chi connectivity index (χ1n) is 10.1. The molecule has 156 valence electrons. The summed E-state index contributed by atoms with van der Waals surface area (Å²) in [5.74, 6) is -0.160. The van der Waals surface area contributed by atoms with E-state index in [-0.39, 0.29) is 17.4 Å². The highest BCUT2D eigenvalue weighted by Crippen LogP contribution is 2.32. The molecule has 2 aromatic carbocycles. The Balaban J connectivity index is 1.42. The lowest BCUT2D eigenvalue weighted by Gasteiger charge is -2.36. The van der Waals surface area contributed by atoms with Crippen LogP contribution in [0.4, 0.5) is 17.1 Å². The van der Waals surface area contributed by atoms with Crippen molar-refractivity contribution in [2.24, 2.45) is 0 Å². The van der Waals surface area contributed by atoms with E-state index in [1.54, 1.807) is 17.0 Å². The van der Waals surface area contributed by atoms with E-state index < -0.39 is 4.92 Å². The Morgan fingerprint density at radius 2 is 1.63 bits per heavy atom. The van der Waals surface area contributed by atoms with Crippen LogP contribution in [0.1, 0.15) is 40.5 Å². The monoisotopic (exact) mass is 408 g/mol. The average molecular weight is 408 g/mol. The maximum atomic E-state index is 12.9. The molecule has 2 aromatic rings. The van der Waals surface area contributed by atoms with Crippen molar-refractivity contribution in [3.8, 4) is 0 Å². The van der Waals surface area contributed by atoms with Crippen LogP contribution in [0.15, 0.2) is 42.5 Å². The Morgan fingerprint density at radius 3 is 2.20 bits per heavy atom. The molecule has 4 rings (SSSR count). The number of ketones is 1. The Labute approximate surface area is 174 Å². The van der Waals surface area contributed by atoms with Gasteiger partial charge in [0.25, 0.3) is 11.6 Å². The lowest BCUT2D eigenvalue weighted by molar-refractivity contribution is -0.384. The van der Waals surface area contributed by atoms with Crippen molar-refractivity contribution in [2.75, 3.05) is 36.4 Å². The Morgan fingerprint density at radius 1 is 1.00 bits per heavy atom. The number of nitrogens with zero attached hydrogens (tertiary/aromatic N) is 3. The topological polar surface area (TPSA) is 95.8 Å². The van der Waals surface area contributed by atoms with Crippen molar-refractivity contribution in [1.82, 2.24) is 4.90 Å². The summed E-state index contributed by atoms with van der Waals surface area (Å²) in [6, 6.07) is 12.4. The zero-order valence-corrected chi connectivity index (χ0v) is 16.8. The summed E-state index contributed by atoms with van der Waals surface area (Å²) >= 11 is 0. The fraction of sp³-hybridized carbons (Fsp3) is 0.364. The highest BCUT2D eigenvalue weighted by Gasteiger charge is 2.27. The van der Waals surface area contributed by atoms with Gasteiger partial charge >= 0.3 is 0 Å². The molecule has 1 saturated heterocycles. The number of benzene rings is 2. The van der Waals surface area contributed by atoms with E-state index in [1.807, 2.05) is 24.3 Å². The molecule has 0 spiro atoms. The van der Waals surface area contributed by atoms with E-state index in [9.17, 15) is 19.7 Å². The van der Waals surface area contributed by atoms with Gasteiger partial charge in [-0.3, -0.25) is 19.7 Å². The Bertz CT molecular complexity index is 977. The number of hydrogen-bond acceptors (Lipinski definition) is 6. The van der Waals surface area contributed by atoms with Gasteiger partial charge in [-0.15, -0.1) is 0 Å². The molecule has 2 fully saturated rings. The number of hydrogen-bond donors (Lipinski definition) is 1. The van der Waals surface area contributed by atoms with Gasteiger partial charge in [0.1, 0.15) is 5.69 Å². The third-order valence-corrected chi connectivity index (χ3v) is 5.58. The number of amides is 1. The number of nitrogens with one attached hydrogen (secondary N) is 1. The third kappa shape index (κ3) is 4.27. The zero-order valence-electron chi connectivity index (χ0n) is 16.8. The van der Waals surface area contributed by atoms with Crippen molar-refractivity contribution in [1.29, 1.82) is 0 Å². The predicted octanol–water partition coefficient (Wildman–Crippen LogP) is 3.33. The molecular formula is C22H24N4O4. The second kappa shape index (κ2) is 8.14. The van der Waals surface area contributed by atoms with Crippen molar-refractivity contribution < 1.29 is 14.5 Å². The first kappa shape index (κ1) is 19.9. The molecule has 1 amide bonds. The van der Waals surface area contributed by atoms with Gasteiger partial charge in [-0.1, -0.05) is 0 Å². The lowest BCUT2D eigenvalue weighted by atomic mass is 10.1. The molecule has 0 aromatic heterocycles. The van der Waals surface area contributed by atoms with Crippen LogP contribution in [0, 0.1) is 10.1 Å². The van der Waals surface area contributed by atoms with E-state index in [4.69, 9.17) is 0 Å². The highest BCUT2D eigenvalue weighted by atomic mass is 16.6. The molecule has 8 nitrogen and oxygen atoms in total. The smallest absolute Gasteiger partial charge is 0.293 e. The second-order valence-corrected chi connectivity index (χ2v) is 7.79. The summed E-state index contributed by atoms with van der Waals surface area (Å²) in [4.78, 5) is 39.2. The second-order valence-electron chi connectivity index (χ2n) is 7.79. The minimum absolute atomic E-state index is 0.0319. The van der Waals surface area contributed by atoms with E-state index in [0.717, 1.165) is 18.5 Å². The van der Waals surface area contributed by atoms with Crippen LogP contribution in [0.5, 0.6) is 0 Å². The van der Waals surface area contributed by atoms with Crippen LogP contribution in [0.3, 0.4) is 0 Å². The van der Waals surface area contributed by atoms with Crippen LogP contribution in [-0.2, 0) is 0 Å². The highest BCUT2D eigenvalue weighted by molar-refractivity contribution is 5.96. The van der Waals surface area contributed by atoms with Crippen LogP contribution >= 0.6 is 0 Å². The molecule has 0 unspecified atom stereocenters. The van der Waals surface area contributed by atoms with Crippen LogP contribution < -0.4 is 10.2 Å². The lowest BCUT2D eigenvalue weighted by Crippen LogP contribution is -2.48. The largest absolute Gasteiger partial charge is 0.377 e. The summed E-state index contributed by atoms with van der Waals surface area (Å²) in [7, 11) is 0. The zero-order chi connectivity index (χ0) is 21.3. The number of nitro benzene ring substituents is 1. The van der Waals surface area contributed by atoms with Crippen LogP contribution in [0.25, 0.3) is 0 Å². The number of piperazine rings is 1. The number of anilines is 2. The van der Waals surface area contributed by atoms with Crippen molar-refractivity contribution in [2.45, 2.75) is 25.8 Å². The van der Waals surface area contributed by atoms with Gasteiger partial charge in [0.15, 0.2) is 5.78 Å². The minimum Gasteiger partial charge on any atom is -0.377 e. The Kier molecular flexibility index (Phi) is 5.39. The molecule has 8 heteroatoms. The summed E-state index contributed by atoms with van der Waals surface area (Å²) in [5, 5.41) is 14.6. The van der Waals surface area contributed by atoms with Crippen molar-refractivity contribution >= 4 is 28.8 Å². The van der Waals surface area contributed by atoms with E-state index in [1.165, 1.54) is 13.0 Å². The van der Waals surface area contributed by atoms with E-state index in [2.05, 4.69) is 10.2 Å². The van der Waals surface area contributed by atoms with Crippen molar-refractivity contribution in [3.63, 3.8) is 0 Å². The molecular weight excluding hydrogens is 384 g/mol. The molecule has 0 bridgehead atoms. The van der Waals surface area contributed by atoms with Gasteiger partial charge in [-0.25, -0.2) is 0 Å². The molecule has 2 aliphatic rings. The van der Waals surface area contributed by atoms with Crippen LogP contribution in [-0.4, -0.2) is 53.7 Å². The maximum Gasteiger partial charge on any atom is 0.293 e. The molecule has 0 atom stereocenters. The predicted molar refractivity (Wildman–Crippen MR) is 114 cm³/mol. The summed E-state index contributed by atoms with van der Waals surface area (Å²) in [5.41, 5.74) is 2.43. The summed E-state index contributed by atoms with van der Waals surface area (Å²) < 4.78 is 0. The van der Waals surface area contributed by atoms with Gasteiger partial charge in [-0.05, 0) is 56.2 Å². The number of carbonyl (C=O) groups is 2. The molecule has 1 N–H and O–H groups in total. The van der Waals surface area contributed by atoms with Gasteiger partial charge < -0.3 is 15.1 Å². The van der Waals surface area contributed by atoms with Gasteiger partial charge in [0.05, 0.1) is 4.92 Å². The quantitative estimate of drug-likeness (QED) is 0.447. The summed E-state index contributed by atoms with van der Waals surface area (Å²) in [6.45, 7) is 3.92. The molecule has 1 aliphatic heterocycles. The molecule has 1 saturated carbocycles. The fourth-order valence-corrected chi connectivity index (χ4v) is 3.64. The van der Waals surface area contributed by atoms with Gasteiger partial charge in [0.2, 0.25) is 0 Å². The van der Waals surface area contributed by atoms with E-state index >= 15 is 0 Å². The molecule has 1 heterocycles. The molecule has 30 heavy (non-hydrogen) atoms. The standard InChI is InChI=1S/C22H24N4O4/c1-15(27)16-2-7-19(8-3-16)24-10-12-25(13-11-24)22(28)17-4-9-20(23-18-5-6-18)21(14-17)26(29)30/h2-4,7-9,14,18,23H,5-6,10-13H2,1H3. The third-order valence-electron chi connectivity index (χ3n) is 5.58. The van der Waals surface area contributed by atoms with Gasteiger partial charge in [0, 0.05) is 55.1 Å². The average Bonchev–Trinajstić information content (AvgIpc) is 3.57. The first-order valence-corrected chi connectivity index (χ1v) is 10.1. The van der Waals surface area contributed by atoms with Crippen LogP contribution in [0.2, 0.25) is 0 Å².